The lowest BCUT2D eigenvalue weighted by molar-refractivity contribution is -0.137. The molecule has 2 heterocycles. The fourth-order valence-electron chi connectivity index (χ4n) is 6.20. The van der Waals surface area contributed by atoms with Crippen LogP contribution in [-0.4, -0.2) is 64.5 Å². The van der Waals surface area contributed by atoms with E-state index in [1.54, 1.807) is 30.9 Å². The largest absolute Gasteiger partial charge is 0.460 e. The van der Waals surface area contributed by atoms with Gasteiger partial charge in [0.15, 0.2) is 0 Å². The highest BCUT2D eigenvalue weighted by Crippen LogP contribution is 2.36. The first-order chi connectivity index (χ1) is 24.4. The number of ether oxygens (including phenoxy) is 1. The van der Waals surface area contributed by atoms with Gasteiger partial charge >= 0.3 is 12.1 Å². The molecule has 0 saturated carbocycles. The Hall–Kier alpha value is -5.30. The van der Waals surface area contributed by atoms with Crippen molar-refractivity contribution in [1.82, 2.24) is 4.90 Å². The van der Waals surface area contributed by atoms with Crippen LogP contribution < -0.4 is 9.21 Å². The van der Waals surface area contributed by atoms with E-state index in [9.17, 15) is 31.2 Å². The standard InChI is InChI=1S/C38H36F3N3O6S/c1-3-49-37(46)35-26(2)31-25-30(17-18-34(31)50-35)51(47,48)44(20-19-27-9-5-4-6-10-27)33-12-8-7-11-32(33)42-21-23-43(24-22-42)36(45)28-13-15-29(16-14-28)38(39,40)41/h4-18,25H,3,19-24H2,1-2H3. The lowest BCUT2D eigenvalue weighted by Gasteiger charge is -2.38. The molecule has 6 rings (SSSR count). The summed E-state index contributed by atoms with van der Waals surface area (Å²) in [6, 6.07) is 25.4. The molecule has 266 valence electrons. The van der Waals surface area contributed by atoms with Crippen LogP contribution in [0.4, 0.5) is 24.5 Å². The molecule has 4 aromatic carbocycles. The zero-order valence-corrected chi connectivity index (χ0v) is 28.8. The number of hydrogen-bond donors (Lipinski definition) is 0. The third-order valence-electron chi connectivity index (χ3n) is 8.92. The van der Waals surface area contributed by atoms with E-state index in [1.807, 2.05) is 47.4 Å². The second-order valence-corrected chi connectivity index (χ2v) is 14.0. The number of piperazine rings is 1. The molecule has 0 aliphatic carbocycles. The molecule has 0 atom stereocenters. The van der Waals surface area contributed by atoms with Crippen molar-refractivity contribution in [2.45, 2.75) is 31.3 Å². The van der Waals surface area contributed by atoms with Gasteiger partial charge in [-0.15, -0.1) is 0 Å². The first-order valence-electron chi connectivity index (χ1n) is 16.5. The fourth-order valence-corrected chi connectivity index (χ4v) is 7.71. The maximum Gasteiger partial charge on any atom is 0.416 e. The summed E-state index contributed by atoms with van der Waals surface area (Å²) in [7, 11) is -4.18. The number of hydrogen-bond acceptors (Lipinski definition) is 7. The summed E-state index contributed by atoms with van der Waals surface area (Å²) in [5, 5.41) is 0.476. The first-order valence-corrected chi connectivity index (χ1v) is 17.9. The first kappa shape index (κ1) is 35.5. The fraction of sp³-hybridized carbons (Fsp3) is 0.263. The summed E-state index contributed by atoms with van der Waals surface area (Å²) in [5.74, 6) is -0.987. The van der Waals surface area contributed by atoms with Crippen LogP contribution in [0.25, 0.3) is 11.0 Å². The molecule has 1 aliphatic rings. The van der Waals surface area contributed by atoms with Crippen molar-refractivity contribution in [3.05, 3.63) is 125 Å². The third-order valence-corrected chi connectivity index (χ3v) is 10.7. The van der Waals surface area contributed by atoms with Gasteiger partial charge in [0.05, 0.1) is 28.4 Å². The maximum absolute atomic E-state index is 14.6. The van der Waals surface area contributed by atoms with Crippen LogP contribution in [0.2, 0.25) is 0 Å². The molecular weight excluding hydrogens is 683 g/mol. The van der Waals surface area contributed by atoms with Gasteiger partial charge in [-0.3, -0.25) is 9.10 Å². The Bertz CT molecular complexity index is 2140. The number of carbonyl (C=O) groups excluding carboxylic acids is 2. The number of halogens is 3. The van der Waals surface area contributed by atoms with Gasteiger partial charge in [0.1, 0.15) is 5.58 Å². The molecule has 0 N–H and O–H groups in total. The number of esters is 1. The van der Waals surface area contributed by atoms with Gasteiger partial charge in [0.25, 0.3) is 15.9 Å². The number of carbonyl (C=O) groups is 2. The summed E-state index contributed by atoms with van der Waals surface area (Å²) in [6.45, 7) is 4.94. The summed E-state index contributed by atoms with van der Waals surface area (Å²) < 4.78 is 80.6. The molecule has 9 nitrogen and oxygen atoms in total. The molecule has 1 amide bonds. The van der Waals surface area contributed by atoms with Crippen molar-refractivity contribution in [2.24, 2.45) is 0 Å². The van der Waals surface area contributed by atoms with E-state index in [2.05, 4.69) is 0 Å². The number of fused-ring (bicyclic) bond motifs is 1. The average molecular weight is 720 g/mol. The van der Waals surface area contributed by atoms with Crippen LogP contribution in [0.15, 0.2) is 106 Å². The lowest BCUT2D eigenvalue weighted by atomic mass is 10.1. The average Bonchev–Trinajstić information content (AvgIpc) is 3.47. The van der Waals surface area contributed by atoms with Gasteiger partial charge in [-0.25, -0.2) is 13.2 Å². The summed E-state index contributed by atoms with van der Waals surface area (Å²) in [6.07, 6.45) is -4.08. The molecule has 5 aromatic rings. The minimum Gasteiger partial charge on any atom is -0.460 e. The van der Waals surface area contributed by atoms with E-state index >= 15 is 0 Å². The van der Waals surface area contributed by atoms with Crippen molar-refractivity contribution in [2.75, 3.05) is 48.5 Å². The van der Waals surface area contributed by atoms with Crippen LogP contribution in [0.3, 0.4) is 0 Å². The van der Waals surface area contributed by atoms with Gasteiger partial charge in [-0.05, 0) is 80.4 Å². The van der Waals surface area contributed by atoms with Crippen LogP contribution >= 0.6 is 0 Å². The Morgan fingerprint density at radius 3 is 2.22 bits per heavy atom. The molecule has 0 unspecified atom stereocenters. The van der Waals surface area contributed by atoms with E-state index in [4.69, 9.17) is 9.15 Å². The van der Waals surface area contributed by atoms with E-state index in [0.717, 1.165) is 17.7 Å². The number of amides is 1. The second-order valence-electron chi connectivity index (χ2n) is 12.1. The normalized spacial score (nSPS) is 13.7. The quantitative estimate of drug-likeness (QED) is 0.139. The van der Waals surface area contributed by atoms with Crippen LogP contribution in [-0.2, 0) is 27.4 Å². The highest BCUT2D eigenvalue weighted by Gasteiger charge is 2.33. The topological polar surface area (TPSA) is 100 Å². The highest BCUT2D eigenvalue weighted by atomic mass is 32.2. The SMILES string of the molecule is CCOC(=O)c1oc2ccc(S(=O)(=O)N(CCc3ccccc3)c3ccccc3N3CCN(C(=O)c4ccc(C(F)(F)F)cc4)CC3)cc2c1C. The number of furan rings is 1. The van der Waals surface area contributed by atoms with Gasteiger partial charge in [0.2, 0.25) is 5.76 Å². The minimum atomic E-state index is -4.50. The molecule has 1 aromatic heterocycles. The van der Waals surface area contributed by atoms with E-state index in [1.165, 1.54) is 34.6 Å². The van der Waals surface area contributed by atoms with E-state index in [0.29, 0.717) is 47.4 Å². The molecule has 1 aliphatic heterocycles. The number of para-hydroxylation sites is 2. The number of sulfonamides is 1. The Kier molecular flexibility index (Phi) is 10.1. The van der Waals surface area contributed by atoms with Crippen LogP contribution in [0.5, 0.6) is 0 Å². The lowest BCUT2D eigenvalue weighted by Crippen LogP contribution is -2.49. The molecule has 1 saturated heterocycles. The number of benzene rings is 4. The number of nitrogens with zero attached hydrogens (tertiary/aromatic N) is 3. The monoisotopic (exact) mass is 719 g/mol. The molecule has 1 fully saturated rings. The Balaban J connectivity index is 1.29. The zero-order valence-electron chi connectivity index (χ0n) is 28.0. The number of anilines is 2. The van der Waals surface area contributed by atoms with Gasteiger partial charge < -0.3 is 19.0 Å². The highest BCUT2D eigenvalue weighted by molar-refractivity contribution is 7.92. The Morgan fingerprint density at radius 1 is 0.882 bits per heavy atom. The summed E-state index contributed by atoms with van der Waals surface area (Å²) in [4.78, 5) is 29.3. The van der Waals surface area contributed by atoms with Crippen molar-refractivity contribution in [3.8, 4) is 0 Å². The Labute approximate surface area is 293 Å². The van der Waals surface area contributed by atoms with Gasteiger partial charge in [-0.2, -0.15) is 13.2 Å². The maximum atomic E-state index is 14.6. The predicted molar refractivity (Wildman–Crippen MR) is 188 cm³/mol. The smallest absolute Gasteiger partial charge is 0.416 e. The molecule has 13 heteroatoms. The van der Waals surface area contributed by atoms with Crippen molar-refractivity contribution >= 4 is 44.2 Å². The predicted octanol–water partition coefficient (Wildman–Crippen LogP) is 7.34. The molecule has 0 radical (unpaired) electrons. The molecular formula is C38H36F3N3O6S. The summed E-state index contributed by atoms with van der Waals surface area (Å²) >= 11 is 0. The number of aryl methyl sites for hydroxylation is 1. The van der Waals surface area contributed by atoms with Crippen molar-refractivity contribution in [3.63, 3.8) is 0 Å². The van der Waals surface area contributed by atoms with E-state index in [-0.39, 0.29) is 48.4 Å². The number of alkyl halides is 3. The number of rotatable bonds is 10. The second kappa shape index (κ2) is 14.5. The van der Waals surface area contributed by atoms with Crippen molar-refractivity contribution in [1.29, 1.82) is 0 Å². The Morgan fingerprint density at radius 2 is 1.55 bits per heavy atom. The van der Waals surface area contributed by atoms with Crippen molar-refractivity contribution < 1.29 is 40.3 Å². The van der Waals surface area contributed by atoms with Gasteiger partial charge in [0, 0.05) is 49.2 Å². The third kappa shape index (κ3) is 7.43. The van der Waals surface area contributed by atoms with Crippen LogP contribution in [0.1, 0.15) is 44.5 Å². The van der Waals surface area contributed by atoms with E-state index < -0.39 is 27.7 Å². The molecule has 0 spiro atoms. The minimum absolute atomic E-state index is 0.0172. The zero-order chi connectivity index (χ0) is 36.3. The van der Waals surface area contributed by atoms with Gasteiger partial charge in [-0.1, -0.05) is 42.5 Å². The van der Waals surface area contributed by atoms with Crippen LogP contribution in [0, 0.1) is 6.92 Å². The molecule has 0 bridgehead atoms. The summed E-state index contributed by atoms with van der Waals surface area (Å²) in [5.41, 5.74) is 2.22. The molecule has 51 heavy (non-hydrogen) atoms.